The first-order chi connectivity index (χ1) is 13.2. The van der Waals surface area contributed by atoms with Gasteiger partial charge in [-0.25, -0.2) is 9.97 Å². The average molecular weight is 371 g/mol. The van der Waals surface area contributed by atoms with Gasteiger partial charge in [0.1, 0.15) is 11.5 Å². The summed E-state index contributed by atoms with van der Waals surface area (Å²) >= 11 is 0. The van der Waals surface area contributed by atoms with Crippen LogP contribution in [0.5, 0.6) is 11.5 Å². The molecule has 27 heavy (non-hydrogen) atoms. The fraction of sp³-hybridized carbons (Fsp3) is 0.421. The molecule has 1 amide bonds. The van der Waals surface area contributed by atoms with Crippen molar-refractivity contribution in [1.29, 1.82) is 0 Å². The van der Waals surface area contributed by atoms with E-state index in [2.05, 4.69) is 25.1 Å². The molecule has 0 bridgehead atoms. The third-order valence-electron chi connectivity index (χ3n) is 4.55. The Morgan fingerprint density at radius 3 is 2.52 bits per heavy atom. The summed E-state index contributed by atoms with van der Waals surface area (Å²) in [5.41, 5.74) is 0.648. The summed E-state index contributed by atoms with van der Waals surface area (Å²) in [5, 5.41) is 2.91. The molecule has 8 nitrogen and oxygen atoms in total. The number of carbonyl (C=O) groups is 1. The second kappa shape index (κ2) is 9.18. The number of hydrogen-bond donors (Lipinski definition) is 1. The molecule has 1 aromatic heterocycles. The number of nitrogens with zero attached hydrogens (tertiary/aromatic N) is 4. The first-order valence-corrected chi connectivity index (χ1v) is 8.96. The molecular formula is C19H25N5O3. The number of anilines is 2. The van der Waals surface area contributed by atoms with E-state index in [1.54, 1.807) is 44.8 Å². The molecule has 0 spiro atoms. The minimum absolute atomic E-state index is 0.0349. The first-order valence-electron chi connectivity index (χ1n) is 8.96. The molecule has 1 aliphatic rings. The monoisotopic (exact) mass is 371 g/mol. The topological polar surface area (TPSA) is 79.8 Å². The Bertz CT molecular complexity index is 748. The van der Waals surface area contributed by atoms with E-state index in [9.17, 15) is 4.79 Å². The maximum Gasteiger partial charge on any atom is 0.225 e. The Morgan fingerprint density at radius 2 is 1.85 bits per heavy atom. The predicted octanol–water partition coefficient (Wildman–Crippen LogP) is 1.64. The highest BCUT2D eigenvalue weighted by atomic mass is 16.5. The van der Waals surface area contributed by atoms with Crippen LogP contribution in [0.2, 0.25) is 0 Å². The standard InChI is InChI=1S/C19H25N5O3/c1-26-15-4-5-16(17(14-15)27-2)22-18(25)6-9-23-10-12-24(13-11-23)19-20-7-3-8-21-19/h3-5,7-8,14H,6,9-13H2,1-2H3,(H,22,25). The molecule has 1 N–H and O–H groups in total. The average Bonchev–Trinajstić information content (AvgIpc) is 2.73. The van der Waals surface area contributed by atoms with Gasteiger partial charge in [-0.3, -0.25) is 9.69 Å². The summed E-state index contributed by atoms with van der Waals surface area (Å²) in [6.07, 6.45) is 3.94. The van der Waals surface area contributed by atoms with Gasteiger partial charge in [0.25, 0.3) is 0 Å². The van der Waals surface area contributed by atoms with E-state index >= 15 is 0 Å². The van der Waals surface area contributed by atoms with Crippen LogP contribution in [0.1, 0.15) is 6.42 Å². The van der Waals surface area contributed by atoms with Crippen LogP contribution in [0.4, 0.5) is 11.6 Å². The minimum atomic E-state index is -0.0349. The van der Waals surface area contributed by atoms with Crippen molar-refractivity contribution in [3.8, 4) is 11.5 Å². The molecule has 0 unspecified atom stereocenters. The zero-order valence-corrected chi connectivity index (χ0v) is 15.7. The summed E-state index contributed by atoms with van der Waals surface area (Å²) < 4.78 is 10.5. The Labute approximate surface area is 159 Å². The second-order valence-electron chi connectivity index (χ2n) is 6.24. The van der Waals surface area contributed by atoms with Crippen molar-refractivity contribution in [2.75, 3.05) is 57.2 Å². The molecule has 0 atom stereocenters. The van der Waals surface area contributed by atoms with Crippen LogP contribution in [0.3, 0.4) is 0 Å². The third-order valence-corrected chi connectivity index (χ3v) is 4.55. The van der Waals surface area contributed by atoms with Gasteiger partial charge in [-0.2, -0.15) is 0 Å². The highest BCUT2D eigenvalue weighted by Crippen LogP contribution is 2.29. The highest BCUT2D eigenvalue weighted by Gasteiger charge is 2.19. The van der Waals surface area contributed by atoms with Gasteiger partial charge in [0.15, 0.2) is 0 Å². The van der Waals surface area contributed by atoms with Crippen molar-refractivity contribution in [2.24, 2.45) is 0 Å². The zero-order chi connectivity index (χ0) is 19.1. The van der Waals surface area contributed by atoms with E-state index < -0.39 is 0 Å². The fourth-order valence-corrected chi connectivity index (χ4v) is 3.00. The van der Waals surface area contributed by atoms with E-state index in [-0.39, 0.29) is 5.91 Å². The van der Waals surface area contributed by atoms with E-state index in [1.807, 2.05) is 6.07 Å². The number of methoxy groups -OCH3 is 2. The van der Waals surface area contributed by atoms with Crippen LogP contribution in [0.25, 0.3) is 0 Å². The van der Waals surface area contributed by atoms with Crippen molar-refractivity contribution in [2.45, 2.75) is 6.42 Å². The van der Waals surface area contributed by atoms with Crippen molar-refractivity contribution in [3.05, 3.63) is 36.7 Å². The Hall–Kier alpha value is -2.87. The number of carbonyl (C=O) groups excluding carboxylic acids is 1. The lowest BCUT2D eigenvalue weighted by atomic mass is 10.2. The molecule has 3 rings (SSSR count). The van der Waals surface area contributed by atoms with E-state index in [0.29, 0.717) is 30.2 Å². The van der Waals surface area contributed by atoms with Gasteiger partial charge in [0.05, 0.1) is 19.9 Å². The van der Waals surface area contributed by atoms with Crippen molar-refractivity contribution < 1.29 is 14.3 Å². The number of aromatic nitrogens is 2. The molecule has 1 saturated heterocycles. The Balaban J connectivity index is 1.45. The number of amides is 1. The minimum Gasteiger partial charge on any atom is -0.497 e. The lowest BCUT2D eigenvalue weighted by Gasteiger charge is -2.34. The first kappa shape index (κ1) is 18.9. The Kier molecular flexibility index (Phi) is 6.43. The van der Waals surface area contributed by atoms with Gasteiger partial charge >= 0.3 is 0 Å². The molecular weight excluding hydrogens is 346 g/mol. The normalized spacial score (nSPS) is 14.7. The number of hydrogen-bond acceptors (Lipinski definition) is 7. The maximum atomic E-state index is 12.3. The fourth-order valence-electron chi connectivity index (χ4n) is 3.00. The maximum absolute atomic E-state index is 12.3. The van der Waals surface area contributed by atoms with Gasteiger partial charge in [-0.05, 0) is 18.2 Å². The van der Waals surface area contributed by atoms with Gasteiger partial charge in [-0.1, -0.05) is 0 Å². The molecule has 1 aromatic carbocycles. The van der Waals surface area contributed by atoms with Gasteiger partial charge in [0.2, 0.25) is 11.9 Å². The van der Waals surface area contributed by atoms with Crippen LogP contribution in [-0.2, 0) is 4.79 Å². The van der Waals surface area contributed by atoms with Gasteiger partial charge in [0, 0.05) is 57.6 Å². The smallest absolute Gasteiger partial charge is 0.225 e. The molecule has 1 fully saturated rings. The van der Waals surface area contributed by atoms with Gasteiger partial charge in [-0.15, -0.1) is 0 Å². The largest absolute Gasteiger partial charge is 0.497 e. The molecule has 2 aromatic rings. The zero-order valence-electron chi connectivity index (χ0n) is 15.7. The highest BCUT2D eigenvalue weighted by molar-refractivity contribution is 5.92. The van der Waals surface area contributed by atoms with E-state index in [0.717, 1.165) is 32.1 Å². The quantitative estimate of drug-likeness (QED) is 0.793. The molecule has 2 heterocycles. The van der Waals surface area contributed by atoms with Crippen LogP contribution >= 0.6 is 0 Å². The van der Waals surface area contributed by atoms with Crippen LogP contribution < -0.4 is 19.7 Å². The van der Waals surface area contributed by atoms with Crippen molar-refractivity contribution in [1.82, 2.24) is 14.9 Å². The van der Waals surface area contributed by atoms with Crippen molar-refractivity contribution >= 4 is 17.5 Å². The van der Waals surface area contributed by atoms with Crippen molar-refractivity contribution in [3.63, 3.8) is 0 Å². The number of nitrogens with one attached hydrogen (secondary N) is 1. The second-order valence-corrected chi connectivity index (χ2v) is 6.24. The van der Waals surface area contributed by atoms with E-state index in [4.69, 9.17) is 9.47 Å². The summed E-state index contributed by atoms with van der Waals surface area (Å²) in [7, 11) is 3.16. The number of piperazine rings is 1. The molecule has 1 aliphatic heterocycles. The molecule has 0 saturated carbocycles. The molecule has 8 heteroatoms. The number of ether oxygens (including phenoxy) is 2. The molecule has 144 valence electrons. The summed E-state index contributed by atoms with van der Waals surface area (Å²) in [5.74, 6) is 2.00. The summed E-state index contributed by atoms with van der Waals surface area (Å²) in [6, 6.07) is 7.15. The lowest BCUT2D eigenvalue weighted by molar-refractivity contribution is -0.116. The molecule has 0 aliphatic carbocycles. The third kappa shape index (κ3) is 5.07. The molecule has 0 radical (unpaired) electrons. The van der Waals surface area contributed by atoms with Crippen LogP contribution in [0, 0.1) is 0 Å². The van der Waals surface area contributed by atoms with Gasteiger partial charge < -0.3 is 19.7 Å². The summed E-state index contributed by atoms with van der Waals surface area (Å²) in [6.45, 7) is 4.21. The van der Waals surface area contributed by atoms with Crippen LogP contribution in [-0.4, -0.2) is 67.7 Å². The SMILES string of the molecule is COc1ccc(NC(=O)CCN2CCN(c3ncccn3)CC2)c(OC)c1. The summed E-state index contributed by atoms with van der Waals surface area (Å²) in [4.78, 5) is 25.3. The Morgan fingerprint density at radius 1 is 1.11 bits per heavy atom. The van der Waals surface area contributed by atoms with Crippen LogP contribution in [0.15, 0.2) is 36.7 Å². The number of rotatable bonds is 7. The van der Waals surface area contributed by atoms with E-state index in [1.165, 1.54) is 0 Å². The lowest BCUT2D eigenvalue weighted by Crippen LogP contribution is -2.47. The predicted molar refractivity (Wildman–Crippen MR) is 103 cm³/mol. The number of benzene rings is 1.